The van der Waals surface area contributed by atoms with Crippen LogP contribution in [0.25, 0.3) is 111 Å². The van der Waals surface area contributed by atoms with Gasteiger partial charge in [-0.2, -0.15) is 0 Å². The maximum Gasteiger partial charge on any atom is 2.00 e. The van der Waals surface area contributed by atoms with Gasteiger partial charge in [0.25, 0.3) is 0 Å². The van der Waals surface area contributed by atoms with Gasteiger partial charge in [-0.3, -0.25) is 29.9 Å². The molecule has 0 amide bonds. The van der Waals surface area contributed by atoms with Crippen LogP contribution in [-0.4, -0.2) is 61.8 Å². The molecule has 0 unspecified atom stereocenters. The van der Waals surface area contributed by atoms with Gasteiger partial charge in [0.15, 0.2) is 0 Å². The molecule has 15 heteroatoms. The molecule has 12 aromatic rings. The zero-order chi connectivity index (χ0) is 45.6. The van der Waals surface area contributed by atoms with E-state index in [2.05, 4.69) is 101 Å². The molecule has 0 aliphatic rings. The molecule has 8 aromatic heterocycles. The number of nitrogens with zero attached hydrogens (tertiary/aromatic N) is 8. The van der Waals surface area contributed by atoms with Crippen LogP contribution in [0.15, 0.2) is 171 Å². The van der Waals surface area contributed by atoms with Crippen molar-refractivity contribution in [2.75, 3.05) is 0 Å². The molecule has 8 heterocycles. The van der Waals surface area contributed by atoms with Crippen molar-refractivity contribution in [1.82, 2.24) is 49.8 Å². The number of imidazole rings is 2. The Bertz CT molecular complexity index is 3280. The van der Waals surface area contributed by atoms with Crippen molar-refractivity contribution >= 4 is 77.6 Å². The summed E-state index contributed by atoms with van der Waals surface area (Å²) in [5.41, 5.74) is 13.4. The normalized spacial score (nSPS) is 10.7. The smallest absolute Gasteiger partial charge is 0.550 e. The van der Waals surface area contributed by atoms with Crippen LogP contribution >= 0.6 is 0 Å². The number of carboxylic acids is 2. The topological polar surface area (TPSA) is 215 Å². The Hall–Kier alpha value is -8.38. The van der Waals surface area contributed by atoms with Crippen LogP contribution in [0.3, 0.4) is 0 Å². The molecular formula is C52H36CdN10O4. The van der Waals surface area contributed by atoms with Crippen molar-refractivity contribution in [3.05, 3.63) is 171 Å². The van der Waals surface area contributed by atoms with Crippen molar-refractivity contribution < 1.29 is 47.1 Å². The number of aromatic nitrogens is 10. The van der Waals surface area contributed by atoms with Crippen LogP contribution in [0.5, 0.6) is 0 Å². The molecule has 0 bridgehead atoms. The third-order valence-electron chi connectivity index (χ3n) is 10.4. The number of hydrogen-bond donors (Lipinski definition) is 2. The molecule has 0 atom stereocenters. The molecule has 4 aromatic carbocycles. The predicted molar refractivity (Wildman–Crippen MR) is 252 cm³/mol. The summed E-state index contributed by atoms with van der Waals surface area (Å²) in [7, 11) is 0. The third kappa shape index (κ3) is 9.69. The van der Waals surface area contributed by atoms with Crippen molar-refractivity contribution in [3.63, 3.8) is 0 Å². The molecule has 14 nitrogen and oxygen atoms in total. The Morgan fingerprint density at radius 1 is 0.373 bits per heavy atom. The van der Waals surface area contributed by atoms with E-state index in [4.69, 9.17) is 29.8 Å². The summed E-state index contributed by atoms with van der Waals surface area (Å²) < 4.78 is 0. The van der Waals surface area contributed by atoms with E-state index in [1.807, 2.05) is 72.8 Å². The SMILES string of the molecule is CC(=O)[O-].CC(=O)[O-].[Cd+2].c1ccc(-c2ccc(-c3nc4c5cccnc5c5ncccc5c4[nH]3)cc2)nc1.c1ccc(-c2ccc(-c3nc4c5cccnc5c5ncccc5c4[nH]3)cc2)nc1. The number of carbonyl (C=O) groups excluding carboxylic acids is 2. The second kappa shape index (κ2) is 20.2. The van der Waals surface area contributed by atoms with Crippen molar-refractivity contribution in [2.45, 2.75) is 13.8 Å². The average molecular weight is 977 g/mol. The molecule has 0 aliphatic carbocycles. The zero-order valence-corrected chi connectivity index (χ0v) is 40.1. The minimum atomic E-state index is -1.08. The Balaban J connectivity index is 0.000000155. The number of carboxylic acid groups (broad SMARTS) is 2. The number of aromatic amines is 2. The Labute approximate surface area is 402 Å². The Morgan fingerprint density at radius 2 is 0.672 bits per heavy atom. The molecule has 0 saturated heterocycles. The van der Waals surface area contributed by atoms with Crippen LogP contribution in [0.1, 0.15) is 13.8 Å². The number of benzene rings is 4. The number of pyridine rings is 6. The summed E-state index contributed by atoms with van der Waals surface area (Å²) in [6, 6.07) is 44.4. The van der Waals surface area contributed by atoms with Crippen LogP contribution in [-0.2, 0) is 36.9 Å². The number of nitrogens with one attached hydrogen (secondary N) is 2. The second-order valence-corrected chi connectivity index (χ2v) is 14.8. The molecule has 0 saturated carbocycles. The number of H-pyrrole nitrogens is 2. The molecule has 12 rings (SSSR count). The molecule has 0 aliphatic heterocycles. The first-order valence-corrected chi connectivity index (χ1v) is 20.6. The minimum Gasteiger partial charge on any atom is -0.550 e. The maximum atomic E-state index is 8.89. The van der Waals surface area contributed by atoms with E-state index < -0.39 is 11.9 Å². The summed E-state index contributed by atoms with van der Waals surface area (Å²) in [4.78, 5) is 61.8. The van der Waals surface area contributed by atoms with Crippen LogP contribution < -0.4 is 10.2 Å². The van der Waals surface area contributed by atoms with E-state index in [0.717, 1.165) is 125 Å². The molecule has 0 fully saturated rings. The van der Waals surface area contributed by atoms with E-state index >= 15 is 0 Å². The van der Waals surface area contributed by atoms with Gasteiger partial charge in [0, 0.05) is 92.9 Å². The third-order valence-corrected chi connectivity index (χ3v) is 10.4. The van der Waals surface area contributed by atoms with E-state index in [9.17, 15) is 0 Å². The van der Waals surface area contributed by atoms with Crippen molar-refractivity contribution in [3.8, 4) is 45.3 Å². The van der Waals surface area contributed by atoms with Gasteiger partial charge >= 0.3 is 27.3 Å². The first kappa shape index (κ1) is 45.2. The van der Waals surface area contributed by atoms with Gasteiger partial charge < -0.3 is 29.8 Å². The van der Waals surface area contributed by atoms with Gasteiger partial charge in [0.05, 0.1) is 55.5 Å². The largest absolute Gasteiger partial charge is 2.00 e. The Kier molecular flexibility index (Phi) is 13.6. The number of aliphatic carboxylic acids is 2. The molecule has 0 spiro atoms. The fourth-order valence-corrected chi connectivity index (χ4v) is 7.63. The second-order valence-electron chi connectivity index (χ2n) is 14.8. The molecule has 67 heavy (non-hydrogen) atoms. The quantitative estimate of drug-likeness (QED) is 0.126. The summed E-state index contributed by atoms with van der Waals surface area (Å²) >= 11 is 0. The van der Waals surface area contributed by atoms with Gasteiger partial charge in [0.1, 0.15) is 11.6 Å². The minimum absolute atomic E-state index is 0. The fourth-order valence-electron chi connectivity index (χ4n) is 7.63. The van der Waals surface area contributed by atoms with Crippen LogP contribution in [0.2, 0.25) is 0 Å². The first-order valence-electron chi connectivity index (χ1n) is 20.6. The number of fused-ring (bicyclic) bond motifs is 12. The summed E-state index contributed by atoms with van der Waals surface area (Å²) in [5.74, 6) is -0.511. The first-order chi connectivity index (χ1) is 32.2. The number of rotatable bonds is 4. The standard InChI is InChI=1S/2C24H15N5.2C2H4O2.Cd/c2*1-2-12-25-19(7-1)15-8-10-16(11-9-15)24-28-22-17-5-3-13-26-20(17)21-18(23(22)29-24)6-4-14-27-21;2*1-2(3)4;/h2*1-14H,(H,28,29);2*1H3,(H,3,4);/q;;;;+2/p-2. The molecule has 2 N–H and O–H groups in total. The molecule has 320 valence electrons. The zero-order valence-electron chi connectivity index (χ0n) is 36.1. The van der Waals surface area contributed by atoms with Gasteiger partial charge in [-0.15, -0.1) is 0 Å². The van der Waals surface area contributed by atoms with E-state index in [1.165, 1.54) is 0 Å². The predicted octanol–water partition coefficient (Wildman–Crippen LogP) is 8.29. The average Bonchev–Trinajstić information content (AvgIpc) is 4.02. The Morgan fingerprint density at radius 3 is 1.00 bits per heavy atom. The fraction of sp³-hybridized carbons (Fsp3) is 0.0385. The summed E-state index contributed by atoms with van der Waals surface area (Å²) in [6.07, 6.45) is 10.8. The van der Waals surface area contributed by atoms with Crippen molar-refractivity contribution in [1.29, 1.82) is 0 Å². The van der Waals surface area contributed by atoms with E-state index in [0.29, 0.717) is 0 Å². The van der Waals surface area contributed by atoms with Crippen LogP contribution in [0, 0.1) is 0 Å². The number of carbonyl (C=O) groups is 2. The van der Waals surface area contributed by atoms with Gasteiger partial charge in [-0.25, -0.2) is 9.97 Å². The summed E-state index contributed by atoms with van der Waals surface area (Å²) in [5, 5.41) is 21.8. The van der Waals surface area contributed by atoms with E-state index in [1.54, 1.807) is 37.2 Å². The molecular weight excluding hydrogens is 941 g/mol. The van der Waals surface area contributed by atoms with E-state index in [-0.39, 0.29) is 27.3 Å². The number of hydrogen-bond acceptors (Lipinski definition) is 12. The van der Waals surface area contributed by atoms with Crippen LogP contribution in [0.4, 0.5) is 0 Å². The maximum absolute atomic E-state index is 8.89. The van der Waals surface area contributed by atoms with Crippen molar-refractivity contribution in [2.24, 2.45) is 0 Å². The monoisotopic (exact) mass is 978 g/mol. The van der Waals surface area contributed by atoms with Gasteiger partial charge in [-0.1, -0.05) is 60.7 Å². The van der Waals surface area contributed by atoms with Gasteiger partial charge in [0.2, 0.25) is 0 Å². The molecule has 0 radical (unpaired) electrons. The van der Waals surface area contributed by atoms with Gasteiger partial charge in [-0.05, 0) is 86.6 Å². The summed E-state index contributed by atoms with van der Waals surface area (Å²) in [6.45, 7) is 1.94.